The molecule has 44 heavy (non-hydrogen) atoms. The Kier molecular flexibility index (Phi) is 7.46. The van der Waals surface area contributed by atoms with Crippen LogP contribution in [-0.4, -0.2) is 0 Å². The lowest BCUT2D eigenvalue weighted by molar-refractivity contribution is 0.239. The fraction of sp³-hybridized carbons (Fsp3) is 0.636. The van der Waals surface area contributed by atoms with Gasteiger partial charge in [0.25, 0.3) is 0 Å². The predicted octanol–water partition coefficient (Wildman–Crippen LogP) is 12.3. The largest absolute Gasteiger partial charge is 0.0763 e. The molecule has 1 spiro atoms. The van der Waals surface area contributed by atoms with Gasteiger partial charge in [0.1, 0.15) is 0 Å². The van der Waals surface area contributed by atoms with Crippen molar-refractivity contribution in [3.8, 4) is 0 Å². The molecule has 0 amide bonds. The van der Waals surface area contributed by atoms with Gasteiger partial charge in [0, 0.05) is 5.41 Å². The summed E-state index contributed by atoms with van der Waals surface area (Å²) < 4.78 is 0. The van der Waals surface area contributed by atoms with Crippen molar-refractivity contribution in [3.63, 3.8) is 0 Å². The van der Waals surface area contributed by atoms with Gasteiger partial charge < -0.3 is 0 Å². The van der Waals surface area contributed by atoms with Gasteiger partial charge in [-0.25, -0.2) is 0 Å². The summed E-state index contributed by atoms with van der Waals surface area (Å²) in [7, 11) is 0. The Morgan fingerprint density at radius 2 is 0.864 bits per heavy atom. The van der Waals surface area contributed by atoms with Gasteiger partial charge in [-0.1, -0.05) is 91.8 Å². The highest BCUT2D eigenvalue weighted by Crippen LogP contribution is 2.68. The minimum Gasteiger partial charge on any atom is -0.0763 e. The molecule has 0 N–H and O–H groups in total. The average molecular weight is 589 g/mol. The molecule has 0 heterocycles. The van der Waals surface area contributed by atoms with Crippen LogP contribution >= 0.6 is 0 Å². The number of hydrogen-bond acceptors (Lipinski definition) is 0. The van der Waals surface area contributed by atoms with E-state index in [9.17, 15) is 0 Å². The molecule has 1 fully saturated rings. The molecule has 5 aliphatic carbocycles. The van der Waals surface area contributed by atoms with Gasteiger partial charge in [-0.05, 0) is 174 Å². The molecule has 2 aromatic carbocycles. The average Bonchev–Trinajstić information content (AvgIpc) is 3.38. The fourth-order valence-electron chi connectivity index (χ4n) is 11.6. The van der Waals surface area contributed by atoms with E-state index in [1.54, 1.807) is 55.7 Å². The van der Waals surface area contributed by atoms with Crippen LogP contribution in [0.1, 0.15) is 177 Å². The molecule has 0 radical (unpaired) electrons. The van der Waals surface area contributed by atoms with Gasteiger partial charge in [-0.3, -0.25) is 0 Å². The second kappa shape index (κ2) is 10.7. The lowest BCUT2D eigenvalue weighted by Gasteiger charge is -2.48. The molecule has 0 aromatic heterocycles. The van der Waals surface area contributed by atoms with Crippen LogP contribution < -0.4 is 0 Å². The van der Waals surface area contributed by atoms with E-state index in [1.807, 2.05) is 0 Å². The summed E-state index contributed by atoms with van der Waals surface area (Å²) >= 11 is 0. The number of rotatable bonds is 9. The molecule has 0 aliphatic heterocycles. The van der Waals surface area contributed by atoms with Crippen LogP contribution in [0.5, 0.6) is 0 Å². The maximum Gasteiger partial charge on any atom is 0.00133 e. The van der Waals surface area contributed by atoms with E-state index in [0.717, 1.165) is 24.7 Å². The maximum absolute atomic E-state index is 2.73. The first-order valence-electron chi connectivity index (χ1n) is 19.0. The van der Waals surface area contributed by atoms with Crippen LogP contribution in [0.15, 0.2) is 36.4 Å². The summed E-state index contributed by atoms with van der Waals surface area (Å²) in [6.07, 6.45) is 22.9. The minimum absolute atomic E-state index is 0.358. The number of fused-ring (bicyclic) bond motifs is 5. The molecule has 5 aliphatic rings. The van der Waals surface area contributed by atoms with E-state index in [0.29, 0.717) is 21.7 Å². The van der Waals surface area contributed by atoms with Crippen molar-refractivity contribution < 1.29 is 0 Å². The topological polar surface area (TPSA) is 0 Å². The Morgan fingerprint density at radius 3 is 1.27 bits per heavy atom. The summed E-state index contributed by atoms with van der Waals surface area (Å²) in [6.45, 7) is 19.7. The van der Waals surface area contributed by atoms with Crippen molar-refractivity contribution >= 4 is 11.1 Å². The van der Waals surface area contributed by atoms with Gasteiger partial charge in [-0.2, -0.15) is 0 Å². The highest BCUT2D eigenvalue weighted by atomic mass is 14.7. The highest BCUT2D eigenvalue weighted by Gasteiger charge is 2.63. The summed E-state index contributed by atoms with van der Waals surface area (Å²) in [5, 5.41) is 0. The Morgan fingerprint density at radius 1 is 0.500 bits per heavy atom. The van der Waals surface area contributed by atoms with E-state index in [2.05, 4.69) is 91.8 Å². The first kappa shape index (κ1) is 30.6. The monoisotopic (exact) mass is 588 g/mol. The summed E-state index contributed by atoms with van der Waals surface area (Å²) in [5.41, 5.74) is 18.2. The number of hydrogen-bond donors (Lipinski definition) is 0. The van der Waals surface area contributed by atoms with E-state index >= 15 is 0 Å². The third-order valence-corrected chi connectivity index (χ3v) is 15.6. The lowest BCUT2D eigenvalue weighted by atomic mass is 9.56. The van der Waals surface area contributed by atoms with Gasteiger partial charge >= 0.3 is 0 Å². The Bertz CT molecular complexity index is 1410. The molecule has 236 valence electrons. The summed E-state index contributed by atoms with van der Waals surface area (Å²) in [5.74, 6) is 1.66. The van der Waals surface area contributed by atoms with Crippen molar-refractivity contribution in [1.82, 2.24) is 0 Å². The van der Waals surface area contributed by atoms with Crippen LogP contribution in [0, 0.1) is 11.8 Å². The minimum atomic E-state index is 0.358. The van der Waals surface area contributed by atoms with E-state index in [1.165, 1.54) is 77.0 Å². The van der Waals surface area contributed by atoms with Crippen LogP contribution in [0.2, 0.25) is 0 Å². The van der Waals surface area contributed by atoms with Crippen LogP contribution in [-0.2, 0) is 34.5 Å². The first-order chi connectivity index (χ1) is 21.2. The fourth-order valence-corrected chi connectivity index (χ4v) is 11.6. The van der Waals surface area contributed by atoms with Gasteiger partial charge in [0.15, 0.2) is 0 Å². The predicted molar refractivity (Wildman–Crippen MR) is 191 cm³/mol. The molecule has 2 aromatic rings. The molecule has 2 atom stereocenters. The molecule has 0 nitrogen and oxygen atoms in total. The van der Waals surface area contributed by atoms with Gasteiger partial charge in [0.05, 0.1) is 0 Å². The van der Waals surface area contributed by atoms with Crippen molar-refractivity contribution in [2.45, 2.75) is 167 Å². The second-order valence-corrected chi connectivity index (χ2v) is 16.1. The molecule has 1 saturated carbocycles. The van der Waals surface area contributed by atoms with Crippen LogP contribution in [0.25, 0.3) is 11.1 Å². The smallest absolute Gasteiger partial charge is 0.00133 e. The quantitative estimate of drug-likeness (QED) is 0.273. The van der Waals surface area contributed by atoms with Crippen LogP contribution in [0.3, 0.4) is 0 Å². The molecule has 0 unspecified atom stereocenters. The van der Waals surface area contributed by atoms with Crippen LogP contribution in [0.4, 0.5) is 0 Å². The molecule has 0 bridgehead atoms. The van der Waals surface area contributed by atoms with E-state index in [4.69, 9.17) is 0 Å². The van der Waals surface area contributed by atoms with Crippen molar-refractivity contribution in [1.29, 1.82) is 0 Å². The zero-order chi connectivity index (χ0) is 31.1. The molecular weight excluding hydrogens is 528 g/mol. The standard InChI is InChI=1S/C44H60/c1-9-41(10-2)21-22-42(11-3,12-4)38-27-35-31(17-19-33(35)25-37(38)41)15-16-32-18-20-34-26-40-39(28-36(32)34)43(13-5,14-6)23-24-44(40)29(7)30(44)8/h17-18,25-30H,9-16,19-24H2,1-8H3/t29-,30-/m1/s1. The molecule has 0 saturated heterocycles. The van der Waals surface area contributed by atoms with Crippen molar-refractivity contribution in [3.05, 3.63) is 80.9 Å². The number of allylic oxidation sites excluding steroid dienone is 4. The normalized spacial score (nSPS) is 28.2. The zero-order valence-corrected chi connectivity index (χ0v) is 29.5. The number of benzene rings is 2. The Balaban J connectivity index is 1.20. The van der Waals surface area contributed by atoms with Gasteiger partial charge in [0.2, 0.25) is 0 Å². The summed E-state index contributed by atoms with van der Waals surface area (Å²) in [6, 6.07) is 10.9. The Hall–Kier alpha value is -2.08. The third-order valence-electron chi connectivity index (χ3n) is 15.6. The second-order valence-electron chi connectivity index (χ2n) is 16.1. The first-order valence-corrected chi connectivity index (χ1v) is 19.0. The molecule has 0 heteroatoms. The van der Waals surface area contributed by atoms with Crippen molar-refractivity contribution in [2.75, 3.05) is 0 Å². The molecule has 7 rings (SSSR count). The zero-order valence-electron chi connectivity index (χ0n) is 29.5. The molecular formula is C44H60. The van der Waals surface area contributed by atoms with Gasteiger partial charge in [-0.15, -0.1) is 0 Å². The summed E-state index contributed by atoms with van der Waals surface area (Å²) in [4.78, 5) is 0. The SMILES string of the molecule is CCC1(CC)CCC(CC)(CC)c2cc3c(cc21)CC=C3CCC1=CCc2cc3c(cc21)C(CC)(CC)CCC31[C@H](C)[C@H]1C. The Labute approximate surface area is 270 Å². The van der Waals surface area contributed by atoms with Crippen molar-refractivity contribution in [2.24, 2.45) is 11.8 Å². The highest BCUT2D eigenvalue weighted by molar-refractivity contribution is 5.79. The maximum atomic E-state index is 2.73. The third kappa shape index (κ3) is 4.00. The van der Waals surface area contributed by atoms with E-state index in [-0.39, 0.29) is 0 Å². The lowest BCUT2D eigenvalue weighted by Crippen LogP contribution is -2.40. The van der Waals surface area contributed by atoms with E-state index < -0.39 is 0 Å².